The Balaban J connectivity index is 1.53. The van der Waals surface area contributed by atoms with Crippen LogP contribution in [0.3, 0.4) is 0 Å². The molecular weight excluding hydrogens is 356 g/mol. The lowest BCUT2D eigenvalue weighted by Crippen LogP contribution is -2.33. The first-order chi connectivity index (χ1) is 13.5. The molecule has 0 radical (unpaired) electrons. The Labute approximate surface area is 165 Å². The van der Waals surface area contributed by atoms with Crippen molar-refractivity contribution in [2.75, 3.05) is 40.9 Å². The second-order valence-corrected chi connectivity index (χ2v) is 7.67. The van der Waals surface area contributed by atoms with Crippen molar-refractivity contribution in [2.45, 2.75) is 6.04 Å². The lowest BCUT2D eigenvalue weighted by molar-refractivity contribution is 0.0765. The van der Waals surface area contributed by atoms with Gasteiger partial charge in [0.2, 0.25) is 0 Å². The molecule has 2 aromatic rings. The second-order valence-electron chi connectivity index (χ2n) is 7.67. The summed E-state index contributed by atoms with van der Waals surface area (Å²) in [5.41, 5.74) is 1.58. The number of benzene rings is 2. The van der Waals surface area contributed by atoms with E-state index in [0.717, 1.165) is 12.3 Å². The van der Waals surface area contributed by atoms with Gasteiger partial charge in [0.05, 0.1) is 19.8 Å². The third-order valence-corrected chi connectivity index (χ3v) is 6.07. The summed E-state index contributed by atoms with van der Waals surface area (Å²) < 4.78 is 10.4. The highest BCUT2D eigenvalue weighted by Gasteiger charge is 2.47. The highest BCUT2D eigenvalue weighted by atomic mass is 16.5. The quantitative estimate of drug-likeness (QED) is 0.881. The zero-order valence-corrected chi connectivity index (χ0v) is 16.5. The number of hydrogen-bond acceptors (Lipinski definition) is 5. The molecule has 6 nitrogen and oxygen atoms in total. The normalized spacial score (nSPS) is 24.2. The summed E-state index contributed by atoms with van der Waals surface area (Å²) >= 11 is 0. The highest BCUT2D eigenvalue weighted by molar-refractivity contribution is 5.97. The van der Waals surface area contributed by atoms with Crippen LogP contribution in [0.4, 0.5) is 0 Å². The van der Waals surface area contributed by atoms with Gasteiger partial charge in [0.25, 0.3) is 5.91 Å². The van der Waals surface area contributed by atoms with Crippen molar-refractivity contribution in [1.82, 2.24) is 9.80 Å². The molecule has 2 saturated heterocycles. The Bertz CT molecular complexity index is 867. The molecule has 0 aliphatic carbocycles. The number of likely N-dealkylation sites (tertiary alicyclic amines) is 2. The van der Waals surface area contributed by atoms with Crippen molar-refractivity contribution in [3.8, 4) is 17.2 Å². The van der Waals surface area contributed by atoms with Gasteiger partial charge < -0.3 is 19.5 Å². The fourth-order valence-corrected chi connectivity index (χ4v) is 4.72. The monoisotopic (exact) mass is 382 g/mol. The average Bonchev–Trinajstić information content (AvgIpc) is 3.24. The van der Waals surface area contributed by atoms with Crippen LogP contribution in [0.1, 0.15) is 22.0 Å². The molecule has 1 N–H and O–H groups in total. The molecule has 4 rings (SSSR count). The van der Waals surface area contributed by atoms with Crippen LogP contribution in [0.15, 0.2) is 42.5 Å². The van der Waals surface area contributed by atoms with Crippen LogP contribution in [0.25, 0.3) is 0 Å². The Hall–Kier alpha value is -2.73. The lowest BCUT2D eigenvalue weighted by Gasteiger charge is -2.27. The van der Waals surface area contributed by atoms with Crippen LogP contribution in [0.5, 0.6) is 17.2 Å². The highest BCUT2D eigenvalue weighted by Crippen LogP contribution is 2.44. The number of phenolic OH excluding ortho intramolecular Hbond substituents is 1. The molecule has 2 aliphatic heterocycles. The molecule has 0 spiro atoms. The molecule has 28 heavy (non-hydrogen) atoms. The maximum absolute atomic E-state index is 13.0. The minimum Gasteiger partial charge on any atom is -0.507 e. The van der Waals surface area contributed by atoms with Gasteiger partial charge in [0.1, 0.15) is 17.2 Å². The van der Waals surface area contributed by atoms with E-state index in [-0.39, 0.29) is 17.7 Å². The molecule has 2 fully saturated rings. The van der Waals surface area contributed by atoms with Crippen molar-refractivity contribution in [3.63, 3.8) is 0 Å². The summed E-state index contributed by atoms with van der Waals surface area (Å²) in [7, 11) is 5.35. The first-order valence-corrected chi connectivity index (χ1v) is 9.52. The maximum Gasteiger partial charge on any atom is 0.257 e. The van der Waals surface area contributed by atoms with E-state index in [9.17, 15) is 9.90 Å². The number of aromatic hydroxyl groups is 1. The number of nitrogens with zero attached hydrogens (tertiary/aromatic N) is 2. The Kier molecular flexibility index (Phi) is 4.89. The summed E-state index contributed by atoms with van der Waals surface area (Å²) in [4.78, 5) is 17.3. The Morgan fingerprint density at radius 2 is 1.68 bits per heavy atom. The van der Waals surface area contributed by atoms with E-state index in [1.165, 1.54) is 18.7 Å². The molecule has 0 bridgehead atoms. The first-order valence-electron chi connectivity index (χ1n) is 9.52. The first kappa shape index (κ1) is 18.6. The van der Waals surface area contributed by atoms with Crippen LogP contribution in [0.2, 0.25) is 0 Å². The largest absolute Gasteiger partial charge is 0.507 e. The molecule has 148 valence electrons. The van der Waals surface area contributed by atoms with Crippen molar-refractivity contribution in [1.29, 1.82) is 0 Å². The SMILES string of the molecule is COc1ccc([C@H]2[C@@H]3CN(C(=O)c4ccc(OC)cc4O)C[C@@H]3CN2C)cc1. The van der Waals surface area contributed by atoms with Gasteiger partial charge in [-0.25, -0.2) is 0 Å². The van der Waals surface area contributed by atoms with Gasteiger partial charge in [-0.05, 0) is 42.8 Å². The second kappa shape index (κ2) is 7.36. The van der Waals surface area contributed by atoms with Crippen LogP contribution in [-0.4, -0.2) is 61.7 Å². The van der Waals surface area contributed by atoms with E-state index < -0.39 is 0 Å². The molecule has 6 heteroatoms. The summed E-state index contributed by atoms with van der Waals surface area (Å²) in [6.45, 7) is 2.36. The van der Waals surface area contributed by atoms with E-state index in [1.807, 2.05) is 17.0 Å². The zero-order valence-electron chi connectivity index (χ0n) is 16.5. The van der Waals surface area contributed by atoms with Gasteiger partial charge in [-0.1, -0.05) is 12.1 Å². The minimum atomic E-state index is -0.120. The number of fused-ring (bicyclic) bond motifs is 1. The summed E-state index contributed by atoms with van der Waals surface area (Å²) in [6, 6.07) is 13.3. The molecule has 0 unspecified atom stereocenters. The number of phenols is 1. The van der Waals surface area contributed by atoms with Crippen molar-refractivity contribution in [3.05, 3.63) is 53.6 Å². The van der Waals surface area contributed by atoms with Crippen LogP contribution in [-0.2, 0) is 0 Å². The van der Waals surface area contributed by atoms with Gasteiger partial charge >= 0.3 is 0 Å². The number of amides is 1. The van der Waals surface area contributed by atoms with E-state index in [1.54, 1.807) is 19.2 Å². The summed E-state index contributed by atoms with van der Waals surface area (Å²) in [5, 5.41) is 10.2. The van der Waals surface area contributed by atoms with Gasteiger partial charge in [-0.2, -0.15) is 0 Å². The Morgan fingerprint density at radius 3 is 2.32 bits per heavy atom. The number of hydrogen-bond donors (Lipinski definition) is 1. The summed E-state index contributed by atoms with van der Waals surface area (Å²) in [6.07, 6.45) is 0. The van der Waals surface area contributed by atoms with Gasteiger partial charge in [0, 0.05) is 37.7 Å². The number of ether oxygens (including phenoxy) is 2. The van der Waals surface area contributed by atoms with Gasteiger partial charge in [0.15, 0.2) is 0 Å². The van der Waals surface area contributed by atoms with E-state index in [2.05, 4.69) is 24.1 Å². The van der Waals surface area contributed by atoms with Crippen molar-refractivity contribution < 1.29 is 19.4 Å². The fourth-order valence-electron chi connectivity index (χ4n) is 4.72. The van der Waals surface area contributed by atoms with Crippen LogP contribution >= 0.6 is 0 Å². The standard InChI is InChI=1S/C22H26N2O4/c1-23-11-15-12-24(22(26)18-9-8-17(28-3)10-20(18)25)13-19(15)21(23)14-4-6-16(27-2)7-5-14/h4-10,15,19,21,25H,11-13H2,1-3H3/t15-,19+,21-/m0/s1. The van der Waals surface area contributed by atoms with Crippen molar-refractivity contribution >= 4 is 5.91 Å². The van der Waals surface area contributed by atoms with Crippen LogP contribution < -0.4 is 9.47 Å². The molecule has 3 atom stereocenters. The molecule has 0 aromatic heterocycles. The molecule has 2 heterocycles. The predicted molar refractivity (Wildman–Crippen MR) is 106 cm³/mol. The maximum atomic E-state index is 13.0. The smallest absolute Gasteiger partial charge is 0.257 e. The van der Waals surface area contributed by atoms with Gasteiger partial charge in [-0.15, -0.1) is 0 Å². The van der Waals surface area contributed by atoms with E-state index >= 15 is 0 Å². The number of carbonyl (C=O) groups is 1. The topological polar surface area (TPSA) is 62.2 Å². The van der Waals surface area contributed by atoms with E-state index in [4.69, 9.17) is 9.47 Å². The number of rotatable bonds is 4. The number of carbonyl (C=O) groups excluding carboxylic acids is 1. The number of methoxy groups -OCH3 is 2. The minimum absolute atomic E-state index is 0.0368. The Morgan fingerprint density at radius 1 is 1.00 bits per heavy atom. The molecule has 1 amide bonds. The average molecular weight is 382 g/mol. The summed E-state index contributed by atoms with van der Waals surface area (Å²) in [5.74, 6) is 2.03. The molecule has 2 aromatic carbocycles. The fraction of sp³-hybridized carbons (Fsp3) is 0.409. The zero-order chi connectivity index (χ0) is 19.8. The molecular formula is C22H26N2O4. The molecule has 0 saturated carbocycles. The lowest BCUT2D eigenvalue weighted by atomic mass is 9.89. The van der Waals surface area contributed by atoms with Crippen LogP contribution in [0, 0.1) is 11.8 Å². The van der Waals surface area contributed by atoms with E-state index in [0.29, 0.717) is 36.2 Å². The molecule has 2 aliphatic rings. The van der Waals surface area contributed by atoms with Gasteiger partial charge in [-0.3, -0.25) is 9.69 Å². The predicted octanol–water partition coefficient (Wildman–Crippen LogP) is 2.78. The third-order valence-electron chi connectivity index (χ3n) is 6.07. The van der Waals surface area contributed by atoms with Crippen molar-refractivity contribution in [2.24, 2.45) is 11.8 Å². The third kappa shape index (κ3) is 3.18.